The van der Waals surface area contributed by atoms with Crippen molar-refractivity contribution in [2.24, 2.45) is 0 Å². The summed E-state index contributed by atoms with van der Waals surface area (Å²) in [4.78, 5) is 10.9. The van der Waals surface area contributed by atoms with Gasteiger partial charge in [0.1, 0.15) is 6.54 Å². The topological polar surface area (TPSA) is 52.4 Å². The molecular weight excluding hydrogens is 303 g/mol. The predicted molar refractivity (Wildman–Crippen MR) is 80.7 cm³/mol. The number of hydrogen-bond acceptors (Lipinski definition) is 3. The fraction of sp³-hybridized carbons (Fsp3) is 0.538. The molecule has 0 unspecified atom stereocenters. The Kier molecular flexibility index (Phi) is 6.52. The SMILES string of the molecule is COc1cccc(C[N+](C)(CCCl)CCCl)c1[N+](=O)[O-]. The van der Waals surface area contributed by atoms with Crippen molar-refractivity contribution in [3.63, 3.8) is 0 Å². The average molecular weight is 322 g/mol. The van der Waals surface area contributed by atoms with Crippen LogP contribution in [0.1, 0.15) is 5.56 Å². The Morgan fingerprint density at radius 3 is 2.35 bits per heavy atom. The number of ether oxygens (including phenoxy) is 1. The van der Waals surface area contributed by atoms with Gasteiger partial charge in [-0.2, -0.15) is 0 Å². The summed E-state index contributed by atoms with van der Waals surface area (Å²) in [5, 5.41) is 11.3. The second-order valence-corrected chi connectivity index (χ2v) is 5.58. The molecule has 0 saturated carbocycles. The molecule has 7 heteroatoms. The lowest BCUT2D eigenvalue weighted by Crippen LogP contribution is -2.46. The highest BCUT2D eigenvalue weighted by Crippen LogP contribution is 2.32. The van der Waals surface area contributed by atoms with Gasteiger partial charge in [0, 0.05) is 0 Å². The minimum absolute atomic E-state index is 0.0171. The zero-order chi connectivity index (χ0) is 15.2. The number of hydrogen-bond donors (Lipinski definition) is 0. The van der Waals surface area contributed by atoms with Gasteiger partial charge in [-0.1, -0.05) is 6.07 Å². The Hall–Kier alpha value is -1.04. The Bertz CT molecular complexity index is 463. The maximum Gasteiger partial charge on any atom is 0.319 e. The van der Waals surface area contributed by atoms with Crippen molar-refractivity contribution < 1.29 is 14.1 Å². The molecule has 0 aromatic heterocycles. The van der Waals surface area contributed by atoms with E-state index in [2.05, 4.69) is 0 Å². The molecule has 0 saturated heterocycles. The van der Waals surface area contributed by atoms with Crippen molar-refractivity contribution in [1.82, 2.24) is 0 Å². The van der Waals surface area contributed by atoms with Crippen molar-refractivity contribution in [3.8, 4) is 5.75 Å². The standard InChI is InChI=1S/C13H19Cl2N2O3/c1-17(8-6-14,9-7-15)10-11-4-3-5-12(20-2)13(11)16(18)19/h3-5H,6-10H2,1-2H3/q+1. The summed E-state index contributed by atoms with van der Waals surface area (Å²) in [6.45, 7) is 1.89. The van der Waals surface area contributed by atoms with Gasteiger partial charge in [0.05, 0.1) is 49.5 Å². The van der Waals surface area contributed by atoms with E-state index in [1.165, 1.54) is 7.11 Å². The first-order chi connectivity index (χ1) is 9.47. The highest BCUT2D eigenvalue weighted by Gasteiger charge is 2.28. The van der Waals surface area contributed by atoms with Gasteiger partial charge in [-0.15, -0.1) is 23.2 Å². The predicted octanol–water partition coefficient (Wildman–Crippen LogP) is 3.03. The van der Waals surface area contributed by atoms with Crippen LogP contribution in [0.2, 0.25) is 0 Å². The normalized spacial score (nSPS) is 11.4. The molecule has 20 heavy (non-hydrogen) atoms. The van der Waals surface area contributed by atoms with E-state index in [0.29, 0.717) is 41.4 Å². The molecular formula is C13H19Cl2N2O3+. The van der Waals surface area contributed by atoms with Crippen LogP contribution in [0, 0.1) is 10.1 Å². The molecule has 0 N–H and O–H groups in total. The zero-order valence-electron chi connectivity index (χ0n) is 11.6. The first-order valence-corrected chi connectivity index (χ1v) is 7.30. The molecule has 112 valence electrons. The summed E-state index contributed by atoms with van der Waals surface area (Å²) < 4.78 is 5.64. The van der Waals surface area contributed by atoms with Crippen LogP contribution in [0.3, 0.4) is 0 Å². The molecule has 0 aliphatic heterocycles. The molecule has 0 aliphatic carbocycles. The third-order valence-electron chi connectivity index (χ3n) is 3.29. The lowest BCUT2D eigenvalue weighted by atomic mass is 10.1. The average Bonchev–Trinajstić information content (AvgIpc) is 2.38. The molecule has 5 nitrogen and oxygen atoms in total. The minimum atomic E-state index is -0.403. The summed E-state index contributed by atoms with van der Waals surface area (Å²) in [6.07, 6.45) is 0. The van der Waals surface area contributed by atoms with Gasteiger partial charge in [-0.25, -0.2) is 0 Å². The minimum Gasteiger partial charge on any atom is -0.490 e. The monoisotopic (exact) mass is 321 g/mol. The van der Waals surface area contributed by atoms with E-state index >= 15 is 0 Å². The van der Waals surface area contributed by atoms with Crippen LogP contribution < -0.4 is 4.74 Å². The van der Waals surface area contributed by atoms with Crippen molar-refractivity contribution in [3.05, 3.63) is 33.9 Å². The lowest BCUT2D eigenvalue weighted by molar-refractivity contribution is -0.918. The Morgan fingerprint density at radius 2 is 1.90 bits per heavy atom. The van der Waals surface area contributed by atoms with Crippen LogP contribution in [-0.4, -0.2) is 48.4 Å². The number of nitro benzene ring substituents is 1. The number of nitrogens with zero attached hydrogens (tertiary/aromatic N) is 2. The highest BCUT2D eigenvalue weighted by atomic mass is 35.5. The van der Waals surface area contributed by atoms with Crippen LogP contribution >= 0.6 is 23.2 Å². The second-order valence-electron chi connectivity index (χ2n) is 4.83. The summed E-state index contributed by atoms with van der Waals surface area (Å²) >= 11 is 11.7. The number of rotatable bonds is 8. The highest BCUT2D eigenvalue weighted by molar-refractivity contribution is 6.18. The number of nitro groups is 1. The fourth-order valence-electron chi connectivity index (χ4n) is 2.16. The third kappa shape index (κ3) is 4.23. The molecule has 0 bridgehead atoms. The van der Waals surface area contributed by atoms with Crippen LogP contribution in [0.25, 0.3) is 0 Å². The van der Waals surface area contributed by atoms with Crippen molar-refractivity contribution in [2.45, 2.75) is 6.54 Å². The van der Waals surface area contributed by atoms with E-state index in [0.717, 1.165) is 0 Å². The van der Waals surface area contributed by atoms with Gasteiger partial charge in [0.15, 0.2) is 5.75 Å². The molecule has 0 heterocycles. The summed E-state index contributed by atoms with van der Waals surface area (Å²) in [5.41, 5.74) is 0.649. The first-order valence-electron chi connectivity index (χ1n) is 6.23. The molecule has 0 spiro atoms. The fourth-order valence-corrected chi connectivity index (χ4v) is 2.97. The van der Waals surface area contributed by atoms with Crippen LogP contribution in [0.5, 0.6) is 5.75 Å². The van der Waals surface area contributed by atoms with Crippen LogP contribution in [-0.2, 0) is 6.54 Å². The van der Waals surface area contributed by atoms with E-state index in [4.69, 9.17) is 27.9 Å². The molecule has 1 aromatic rings. The van der Waals surface area contributed by atoms with Gasteiger partial charge < -0.3 is 9.22 Å². The molecule has 0 atom stereocenters. The number of para-hydroxylation sites is 1. The van der Waals surface area contributed by atoms with E-state index in [9.17, 15) is 10.1 Å². The second kappa shape index (κ2) is 7.67. The first kappa shape index (κ1) is 17.0. The van der Waals surface area contributed by atoms with Crippen molar-refractivity contribution >= 4 is 28.9 Å². The van der Waals surface area contributed by atoms with Crippen LogP contribution in [0.15, 0.2) is 18.2 Å². The molecule has 1 aromatic carbocycles. The molecule has 0 aliphatic rings. The number of benzene rings is 1. The summed E-state index contributed by atoms with van der Waals surface area (Å²) in [6, 6.07) is 5.10. The van der Waals surface area contributed by atoms with E-state index in [1.54, 1.807) is 18.2 Å². The van der Waals surface area contributed by atoms with Crippen LogP contribution in [0.4, 0.5) is 5.69 Å². The Morgan fingerprint density at radius 1 is 1.30 bits per heavy atom. The van der Waals surface area contributed by atoms with E-state index in [-0.39, 0.29) is 11.4 Å². The van der Waals surface area contributed by atoms with E-state index < -0.39 is 4.92 Å². The summed E-state index contributed by atoms with van der Waals surface area (Å²) in [7, 11) is 3.42. The lowest BCUT2D eigenvalue weighted by Gasteiger charge is -2.33. The molecule has 0 fully saturated rings. The number of methoxy groups -OCH3 is 1. The van der Waals surface area contributed by atoms with Gasteiger partial charge in [-0.05, 0) is 12.1 Å². The van der Waals surface area contributed by atoms with Gasteiger partial charge in [0.25, 0.3) is 0 Å². The largest absolute Gasteiger partial charge is 0.490 e. The van der Waals surface area contributed by atoms with Crippen molar-refractivity contribution in [1.29, 1.82) is 0 Å². The number of alkyl halides is 2. The molecule has 0 amide bonds. The quantitative estimate of drug-likeness (QED) is 0.320. The third-order valence-corrected chi connectivity index (χ3v) is 3.62. The maximum absolute atomic E-state index is 11.3. The zero-order valence-corrected chi connectivity index (χ0v) is 13.2. The maximum atomic E-state index is 11.3. The van der Waals surface area contributed by atoms with Gasteiger partial charge >= 0.3 is 5.69 Å². The number of halogens is 2. The Balaban J connectivity index is 3.15. The summed E-state index contributed by atoms with van der Waals surface area (Å²) in [5.74, 6) is 1.23. The smallest absolute Gasteiger partial charge is 0.319 e. The number of quaternary nitrogens is 1. The van der Waals surface area contributed by atoms with Gasteiger partial charge in [-0.3, -0.25) is 10.1 Å². The molecule has 0 radical (unpaired) electrons. The van der Waals surface area contributed by atoms with Gasteiger partial charge in [0.2, 0.25) is 0 Å². The Labute approximate surface area is 128 Å². The molecule has 1 rings (SSSR count). The van der Waals surface area contributed by atoms with E-state index in [1.807, 2.05) is 7.05 Å². The van der Waals surface area contributed by atoms with Crippen molar-refractivity contribution in [2.75, 3.05) is 39.0 Å².